The standard InChI is InChI=1S/C21H25ClN2O3S/c1-16(14-17-6-5-7-19(22)15-17)23-21(25)18-10-12-24(13-11-18)28(26,27)20-8-3-2-4-9-20/h2-9,15-16,18H,10-14H2,1H3,(H,23,25). The van der Waals surface area contributed by atoms with E-state index in [1.807, 2.05) is 31.2 Å². The molecule has 1 N–H and O–H groups in total. The number of hydrogen-bond acceptors (Lipinski definition) is 3. The fraction of sp³-hybridized carbons (Fsp3) is 0.381. The summed E-state index contributed by atoms with van der Waals surface area (Å²) < 4.78 is 26.8. The van der Waals surface area contributed by atoms with Crippen LogP contribution in [-0.4, -0.2) is 37.8 Å². The summed E-state index contributed by atoms with van der Waals surface area (Å²) in [5.74, 6) is -0.171. The van der Waals surface area contributed by atoms with E-state index in [1.54, 1.807) is 30.3 Å². The van der Waals surface area contributed by atoms with Crippen LogP contribution >= 0.6 is 11.6 Å². The van der Waals surface area contributed by atoms with Gasteiger partial charge >= 0.3 is 0 Å². The van der Waals surface area contributed by atoms with Gasteiger partial charge in [-0.2, -0.15) is 4.31 Å². The van der Waals surface area contributed by atoms with E-state index in [1.165, 1.54) is 4.31 Å². The van der Waals surface area contributed by atoms with E-state index in [0.717, 1.165) is 5.56 Å². The number of piperidine rings is 1. The molecule has 0 saturated carbocycles. The van der Waals surface area contributed by atoms with Gasteiger partial charge in [0.1, 0.15) is 0 Å². The van der Waals surface area contributed by atoms with Crippen LogP contribution in [0.2, 0.25) is 5.02 Å². The molecule has 0 aromatic heterocycles. The number of halogens is 1. The van der Waals surface area contributed by atoms with E-state index in [2.05, 4.69) is 5.32 Å². The number of sulfonamides is 1. The maximum absolute atomic E-state index is 12.7. The van der Waals surface area contributed by atoms with Crippen molar-refractivity contribution in [2.45, 2.75) is 37.1 Å². The summed E-state index contributed by atoms with van der Waals surface area (Å²) in [7, 11) is -3.49. The predicted molar refractivity (Wildman–Crippen MR) is 111 cm³/mol. The smallest absolute Gasteiger partial charge is 0.243 e. The van der Waals surface area contributed by atoms with Gasteiger partial charge in [0.25, 0.3) is 0 Å². The van der Waals surface area contributed by atoms with Crippen LogP contribution in [-0.2, 0) is 21.2 Å². The summed E-state index contributed by atoms with van der Waals surface area (Å²) in [5.41, 5.74) is 1.07. The molecular weight excluding hydrogens is 396 g/mol. The number of nitrogens with zero attached hydrogens (tertiary/aromatic N) is 1. The lowest BCUT2D eigenvalue weighted by Gasteiger charge is -2.31. The van der Waals surface area contributed by atoms with Crippen LogP contribution < -0.4 is 5.32 Å². The first-order valence-corrected chi connectivity index (χ1v) is 11.3. The van der Waals surface area contributed by atoms with E-state index in [4.69, 9.17) is 11.6 Å². The summed E-state index contributed by atoms with van der Waals surface area (Å²) in [6, 6.07) is 16.0. The van der Waals surface area contributed by atoms with Gasteiger partial charge in [0.05, 0.1) is 4.90 Å². The zero-order valence-electron chi connectivity index (χ0n) is 15.8. The van der Waals surface area contributed by atoms with Crippen molar-refractivity contribution in [1.82, 2.24) is 9.62 Å². The largest absolute Gasteiger partial charge is 0.353 e. The molecule has 0 aliphatic carbocycles. The Morgan fingerprint density at radius 1 is 1.14 bits per heavy atom. The van der Waals surface area contributed by atoms with E-state index < -0.39 is 10.0 Å². The minimum Gasteiger partial charge on any atom is -0.353 e. The average Bonchev–Trinajstić information content (AvgIpc) is 2.68. The maximum Gasteiger partial charge on any atom is 0.243 e. The highest BCUT2D eigenvalue weighted by Crippen LogP contribution is 2.24. The molecular formula is C21H25ClN2O3S. The highest BCUT2D eigenvalue weighted by Gasteiger charge is 2.32. The third kappa shape index (κ3) is 5.13. The molecule has 1 heterocycles. The minimum absolute atomic E-state index is 0.00807. The van der Waals surface area contributed by atoms with Crippen LogP contribution in [0.25, 0.3) is 0 Å². The van der Waals surface area contributed by atoms with Gasteiger partial charge in [-0.3, -0.25) is 4.79 Å². The normalized spacial score (nSPS) is 17.2. The number of amides is 1. The molecule has 1 saturated heterocycles. The van der Waals surface area contributed by atoms with Crippen LogP contribution in [0.4, 0.5) is 0 Å². The molecule has 0 spiro atoms. The van der Waals surface area contributed by atoms with E-state index in [0.29, 0.717) is 42.3 Å². The van der Waals surface area contributed by atoms with Crippen molar-refractivity contribution in [1.29, 1.82) is 0 Å². The fourth-order valence-corrected chi connectivity index (χ4v) is 5.23. The Kier molecular flexibility index (Phi) is 6.75. The van der Waals surface area contributed by atoms with Crippen LogP contribution in [0.1, 0.15) is 25.3 Å². The molecule has 150 valence electrons. The first-order chi connectivity index (χ1) is 13.4. The molecule has 1 atom stereocenters. The van der Waals surface area contributed by atoms with E-state index in [-0.39, 0.29) is 17.9 Å². The number of nitrogens with one attached hydrogen (secondary N) is 1. The van der Waals surface area contributed by atoms with Gasteiger partial charge in [0.2, 0.25) is 15.9 Å². The Balaban J connectivity index is 1.52. The lowest BCUT2D eigenvalue weighted by molar-refractivity contribution is -0.126. The van der Waals surface area contributed by atoms with Crippen molar-refractivity contribution in [2.75, 3.05) is 13.1 Å². The van der Waals surface area contributed by atoms with Gasteiger partial charge in [-0.1, -0.05) is 41.9 Å². The summed E-state index contributed by atoms with van der Waals surface area (Å²) >= 11 is 6.01. The van der Waals surface area contributed by atoms with Crippen LogP contribution in [0.3, 0.4) is 0 Å². The fourth-order valence-electron chi connectivity index (χ4n) is 3.53. The van der Waals surface area contributed by atoms with Crippen molar-refractivity contribution in [3.8, 4) is 0 Å². The highest BCUT2D eigenvalue weighted by molar-refractivity contribution is 7.89. The molecule has 5 nitrogen and oxygen atoms in total. The lowest BCUT2D eigenvalue weighted by Crippen LogP contribution is -2.45. The van der Waals surface area contributed by atoms with Crippen molar-refractivity contribution in [3.05, 3.63) is 65.2 Å². The third-order valence-electron chi connectivity index (χ3n) is 5.03. The zero-order chi connectivity index (χ0) is 20.1. The van der Waals surface area contributed by atoms with Crippen molar-refractivity contribution >= 4 is 27.5 Å². The Morgan fingerprint density at radius 3 is 2.46 bits per heavy atom. The second-order valence-electron chi connectivity index (χ2n) is 7.24. The van der Waals surface area contributed by atoms with Crippen LogP contribution in [0.15, 0.2) is 59.5 Å². The quantitative estimate of drug-likeness (QED) is 0.777. The van der Waals surface area contributed by atoms with Gasteiger partial charge in [0.15, 0.2) is 0 Å². The molecule has 1 amide bonds. The number of carbonyl (C=O) groups excluding carboxylic acids is 1. The Morgan fingerprint density at radius 2 is 1.82 bits per heavy atom. The second kappa shape index (κ2) is 9.07. The van der Waals surface area contributed by atoms with Gasteiger partial charge in [-0.15, -0.1) is 0 Å². The topological polar surface area (TPSA) is 66.5 Å². The SMILES string of the molecule is CC(Cc1cccc(Cl)c1)NC(=O)C1CCN(S(=O)(=O)c2ccccc2)CC1. The van der Waals surface area contributed by atoms with Crippen molar-refractivity contribution in [2.24, 2.45) is 5.92 Å². The molecule has 1 unspecified atom stereocenters. The van der Waals surface area contributed by atoms with Gasteiger partial charge < -0.3 is 5.32 Å². The Bertz CT molecular complexity index is 910. The minimum atomic E-state index is -3.49. The van der Waals surface area contributed by atoms with Crippen LogP contribution in [0.5, 0.6) is 0 Å². The van der Waals surface area contributed by atoms with E-state index >= 15 is 0 Å². The number of carbonyl (C=O) groups is 1. The van der Waals surface area contributed by atoms with Gasteiger partial charge in [-0.25, -0.2) is 8.42 Å². The summed E-state index contributed by atoms with van der Waals surface area (Å²) in [4.78, 5) is 12.9. The first-order valence-electron chi connectivity index (χ1n) is 9.46. The molecule has 2 aromatic rings. The lowest BCUT2D eigenvalue weighted by atomic mass is 9.96. The highest BCUT2D eigenvalue weighted by atomic mass is 35.5. The van der Waals surface area contributed by atoms with Crippen LogP contribution in [0, 0.1) is 5.92 Å². The Hall–Kier alpha value is -1.89. The Labute approximate surface area is 171 Å². The molecule has 0 radical (unpaired) electrons. The van der Waals surface area contributed by atoms with E-state index in [9.17, 15) is 13.2 Å². The maximum atomic E-state index is 12.7. The summed E-state index contributed by atoms with van der Waals surface area (Å²) in [5, 5.41) is 3.74. The molecule has 3 rings (SSSR count). The number of benzene rings is 2. The first kappa shape index (κ1) is 20.8. The number of hydrogen-bond donors (Lipinski definition) is 1. The third-order valence-corrected chi connectivity index (χ3v) is 7.17. The molecule has 1 aliphatic rings. The van der Waals surface area contributed by atoms with Crippen molar-refractivity contribution < 1.29 is 13.2 Å². The molecule has 2 aromatic carbocycles. The summed E-state index contributed by atoms with van der Waals surface area (Å²) in [6.45, 7) is 2.68. The predicted octanol–water partition coefficient (Wildman–Crippen LogP) is 3.49. The molecule has 28 heavy (non-hydrogen) atoms. The molecule has 7 heteroatoms. The molecule has 1 aliphatic heterocycles. The monoisotopic (exact) mass is 420 g/mol. The molecule has 0 bridgehead atoms. The van der Waals surface area contributed by atoms with Crippen molar-refractivity contribution in [3.63, 3.8) is 0 Å². The average molecular weight is 421 g/mol. The van der Waals surface area contributed by atoms with Gasteiger partial charge in [0, 0.05) is 30.1 Å². The molecule has 1 fully saturated rings. The summed E-state index contributed by atoms with van der Waals surface area (Å²) in [6.07, 6.45) is 1.76. The van der Waals surface area contributed by atoms with Gasteiger partial charge in [-0.05, 0) is 56.0 Å². The zero-order valence-corrected chi connectivity index (χ0v) is 17.4. The second-order valence-corrected chi connectivity index (χ2v) is 9.61. The number of rotatable bonds is 6.